The third kappa shape index (κ3) is 5.59. The molecule has 4 nitrogen and oxygen atoms in total. The number of carbonyl (C=O) groups is 1. The van der Waals surface area contributed by atoms with Crippen molar-refractivity contribution in [2.75, 3.05) is 0 Å². The average Bonchev–Trinajstić information content (AvgIpc) is 2.47. The number of rotatable bonds is 6. The van der Waals surface area contributed by atoms with Crippen LogP contribution in [0.4, 0.5) is 4.39 Å². The van der Waals surface area contributed by atoms with Crippen LogP contribution < -0.4 is 5.32 Å². The Morgan fingerprint density at radius 1 is 1.26 bits per heavy atom. The first-order chi connectivity index (χ1) is 10.9. The lowest BCUT2D eigenvalue weighted by molar-refractivity contribution is -0.128. The molecule has 0 radical (unpaired) electrons. The molecule has 0 aromatic heterocycles. The summed E-state index contributed by atoms with van der Waals surface area (Å²) in [5, 5.41) is 23.4. The predicted molar refractivity (Wildman–Crippen MR) is 86.2 cm³/mol. The van der Waals surface area contributed by atoms with Gasteiger partial charge in [0.15, 0.2) is 0 Å². The Morgan fingerprint density at radius 3 is 2.48 bits per heavy atom. The molecule has 0 spiro atoms. The molecule has 1 fully saturated rings. The average molecular weight is 323 g/mol. The summed E-state index contributed by atoms with van der Waals surface area (Å²) in [6.45, 7) is 1.82. The maximum absolute atomic E-state index is 12.9. The SMILES string of the molecule is CC(CC(O)c1ccc(F)cc1)NC(=O)CC1(O)CCCCC1. The maximum Gasteiger partial charge on any atom is 0.223 e. The van der Waals surface area contributed by atoms with Crippen LogP contribution >= 0.6 is 0 Å². The molecule has 0 aliphatic heterocycles. The van der Waals surface area contributed by atoms with Crippen molar-refractivity contribution >= 4 is 5.91 Å². The summed E-state index contributed by atoms with van der Waals surface area (Å²) in [5.74, 6) is -0.531. The van der Waals surface area contributed by atoms with E-state index in [1.165, 1.54) is 12.1 Å². The standard InChI is InChI=1S/C18H26FNO3/c1-13(11-16(21)14-5-7-15(19)8-6-14)20-17(22)12-18(23)9-3-2-4-10-18/h5-8,13,16,21,23H,2-4,9-12H2,1H3,(H,20,22). The highest BCUT2D eigenvalue weighted by Gasteiger charge is 2.32. The lowest BCUT2D eigenvalue weighted by atomic mass is 9.82. The Balaban J connectivity index is 1.80. The third-order valence-electron chi connectivity index (χ3n) is 4.51. The molecular weight excluding hydrogens is 297 g/mol. The van der Waals surface area contributed by atoms with Crippen molar-refractivity contribution < 1.29 is 19.4 Å². The van der Waals surface area contributed by atoms with Gasteiger partial charge in [-0.15, -0.1) is 0 Å². The highest BCUT2D eigenvalue weighted by atomic mass is 19.1. The van der Waals surface area contributed by atoms with E-state index in [-0.39, 0.29) is 24.2 Å². The van der Waals surface area contributed by atoms with Gasteiger partial charge < -0.3 is 15.5 Å². The van der Waals surface area contributed by atoms with Crippen LogP contribution in [0.1, 0.15) is 63.5 Å². The van der Waals surface area contributed by atoms with E-state index in [4.69, 9.17) is 0 Å². The Hall–Kier alpha value is -1.46. The minimum absolute atomic E-state index is 0.115. The molecule has 23 heavy (non-hydrogen) atoms. The van der Waals surface area contributed by atoms with E-state index in [9.17, 15) is 19.4 Å². The summed E-state index contributed by atoms with van der Waals surface area (Å²) in [6, 6.07) is 5.47. The van der Waals surface area contributed by atoms with Gasteiger partial charge in [0.05, 0.1) is 18.1 Å². The highest BCUT2D eigenvalue weighted by molar-refractivity contribution is 5.77. The molecule has 0 heterocycles. The molecule has 1 aliphatic carbocycles. The molecular formula is C18H26FNO3. The number of benzene rings is 1. The number of nitrogens with one attached hydrogen (secondary N) is 1. The van der Waals surface area contributed by atoms with Gasteiger partial charge in [-0.05, 0) is 43.9 Å². The van der Waals surface area contributed by atoms with Gasteiger partial charge in [-0.25, -0.2) is 4.39 Å². The Morgan fingerprint density at radius 2 is 1.87 bits per heavy atom. The van der Waals surface area contributed by atoms with Crippen molar-refractivity contribution in [2.24, 2.45) is 0 Å². The lowest BCUT2D eigenvalue weighted by Crippen LogP contribution is -2.41. The fourth-order valence-electron chi connectivity index (χ4n) is 3.23. The third-order valence-corrected chi connectivity index (χ3v) is 4.51. The second-order valence-corrected chi connectivity index (χ2v) is 6.73. The molecule has 1 saturated carbocycles. The molecule has 1 aromatic rings. The van der Waals surface area contributed by atoms with Gasteiger partial charge >= 0.3 is 0 Å². The van der Waals surface area contributed by atoms with Crippen molar-refractivity contribution in [1.82, 2.24) is 5.32 Å². The summed E-state index contributed by atoms with van der Waals surface area (Å²) in [4.78, 5) is 12.1. The molecule has 0 saturated heterocycles. The quantitative estimate of drug-likeness (QED) is 0.754. The van der Waals surface area contributed by atoms with Crippen LogP contribution in [0.15, 0.2) is 24.3 Å². The summed E-state index contributed by atoms with van der Waals surface area (Å²) >= 11 is 0. The zero-order valence-electron chi connectivity index (χ0n) is 13.6. The lowest BCUT2D eigenvalue weighted by Gasteiger charge is -2.32. The zero-order valence-corrected chi connectivity index (χ0v) is 13.6. The number of carbonyl (C=O) groups excluding carboxylic acids is 1. The number of aliphatic hydroxyl groups excluding tert-OH is 1. The van der Waals surface area contributed by atoms with E-state index >= 15 is 0 Å². The number of halogens is 1. The molecule has 3 N–H and O–H groups in total. The second-order valence-electron chi connectivity index (χ2n) is 6.73. The van der Waals surface area contributed by atoms with Gasteiger partial charge in [-0.2, -0.15) is 0 Å². The number of aliphatic hydroxyl groups is 2. The van der Waals surface area contributed by atoms with Crippen LogP contribution in [0, 0.1) is 5.82 Å². The fourth-order valence-corrected chi connectivity index (χ4v) is 3.23. The molecule has 128 valence electrons. The molecule has 1 aliphatic rings. The largest absolute Gasteiger partial charge is 0.389 e. The van der Waals surface area contributed by atoms with E-state index < -0.39 is 11.7 Å². The first-order valence-corrected chi connectivity index (χ1v) is 8.33. The first-order valence-electron chi connectivity index (χ1n) is 8.33. The maximum atomic E-state index is 12.9. The number of hydrogen-bond acceptors (Lipinski definition) is 3. The van der Waals surface area contributed by atoms with Gasteiger partial charge in [-0.1, -0.05) is 31.4 Å². The number of amides is 1. The molecule has 2 rings (SSSR count). The molecule has 0 bridgehead atoms. The molecule has 2 atom stereocenters. The smallest absolute Gasteiger partial charge is 0.223 e. The van der Waals surface area contributed by atoms with E-state index in [1.54, 1.807) is 12.1 Å². The van der Waals surface area contributed by atoms with Crippen LogP contribution in [-0.2, 0) is 4.79 Å². The highest BCUT2D eigenvalue weighted by Crippen LogP contribution is 2.30. The van der Waals surface area contributed by atoms with E-state index in [2.05, 4.69) is 5.32 Å². The van der Waals surface area contributed by atoms with Gasteiger partial charge in [0.1, 0.15) is 5.82 Å². The molecule has 2 unspecified atom stereocenters. The van der Waals surface area contributed by atoms with Crippen molar-refractivity contribution in [3.63, 3.8) is 0 Å². The van der Waals surface area contributed by atoms with Gasteiger partial charge in [0.2, 0.25) is 5.91 Å². The normalized spacial score (nSPS) is 19.8. The van der Waals surface area contributed by atoms with Crippen LogP contribution in [0.25, 0.3) is 0 Å². The van der Waals surface area contributed by atoms with Gasteiger partial charge in [-0.3, -0.25) is 4.79 Å². The predicted octanol–water partition coefficient (Wildman–Crippen LogP) is 2.84. The summed E-state index contributed by atoms with van der Waals surface area (Å²) in [6.07, 6.45) is 4.08. The van der Waals surface area contributed by atoms with Gasteiger partial charge in [0.25, 0.3) is 0 Å². The van der Waals surface area contributed by atoms with E-state index in [0.29, 0.717) is 24.8 Å². The summed E-state index contributed by atoms with van der Waals surface area (Å²) in [5.41, 5.74) is -0.254. The van der Waals surface area contributed by atoms with E-state index in [0.717, 1.165) is 19.3 Å². The van der Waals surface area contributed by atoms with E-state index in [1.807, 2.05) is 6.92 Å². The molecule has 1 aromatic carbocycles. The van der Waals surface area contributed by atoms with Crippen LogP contribution in [0.3, 0.4) is 0 Å². The fraction of sp³-hybridized carbons (Fsp3) is 0.611. The Kier molecular flexibility index (Phi) is 6.13. The second kappa shape index (κ2) is 7.88. The van der Waals surface area contributed by atoms with Crippen molar-refractivity contribution in [1.29, 1.82) is 0 Å². The van der Waals surface area contributed by atoms with Crippen molar-refractivity contribution in [3.05, 3.63) is 35.6 Å². The number of hydrogen-bond donors (Lipinski definition) is 3. The van der Waals surface area contributed by atoms with Crippen LogP contribution in [0.5, 0.6) is 0 Å². The Labute approximate surface area is 136 Å². The monoisotopic (exact) mass is 323 g/mol. The Bertz CT molecular complexity index is 512. The molecule has 5 heteroatoms. The minimum Gasteiger partial charge on any atom is -0.389 e. The summed E-state index contributed by atoms with van der Waals surface area (Å²) in [7, 11) is 0. The minimum atomic E-state index is -0.877. The van der Waals surface area contributed by atoms with Crippen LogP contribution in [-0.4, -0.2) is 27.8 Å². The summed E-state index contributed by atoms with van der Waals surface area (Å²) < 4.78 is 12.9. The first kappa shape index (κ1) is 17.9. The van der Waals surface area contributed by atoms with Crippen molar-refractivity contribution in [3.8, 4) is 0 Å². The molecule has 1 amide bonds. The topological polar surface area (TPSA) is 69.6 Å². The van der Waals surface area contributed by atoms with Crippen LogP contribution in [0.2, 0.25) is 0 Å². The zero-order chi connectivity index (χ0) is 16.9. The van der Waals surface area contributed by atoms with Crippen molar-refractivity contribution in [2.45, 2.75) is 69.6 Å². The van der Waals surface area contributed by atoms with Gasteiger partial charge in [0, 0.05) is 6.04 Å².